The van der Waals surface area contributed by atoms with E-state index in [9.17, 15) is 18.4 Å². The molecule has 2 aliphatic rings. The molecular formula is C24H28F2N4O3. The molecule has 2 aliphatic heterocycles. The number of amides is 2. The molecule has 1 N–H and O–H groups in total. The van der Waals surface area contributed by atoms with Gasteiger partial charge in [0.05, 0.1) is 24.5 Å². The van der Waals surface area contributed by atoms with Gasteiger partial charge in [-0.3, -0.25) is 9.59 Å². The van der Waals surface area contributed by atoms with Crippen molar-refractivity contribution in [1.82, 2.24) is 14.8 Å². The minimum absolute atomic E-state index is 0.108. The van der Waals surface area contributed by atoms with Gasteiger partial charge < -0.3 is 19.5 Å². The maximum atomic E-state index is 13.8. The molecule has 0 aliphatic carbocycles. The molecular weight excluding hydrogens is 430 g/mol. The molecule has 4 rings (SSSR count). The van der Waals surface area contributed by atoms with Crippen molar-refractivity contribution < 1.29 is 23.1 Å². The number of ether oxygens (including phenoxy) is 1. The third-order valence-electron chi connectivity index (χ3n) is 5.85. The van der Waals surface area contributed by atoms with Crippen molar-refractivity contribution in [3.05, 3.63) is 57.9 Å². The average molecular weight is 459 g/mol. The number of nitriles is 1. The number of carbonyl (C=O) groups excluding carboxylic acids is 2. The SMILES string of the molecule is CC.CC1CCCN1C(=O)c1cc(C(=O)NCc2cc(F)c(C#N)c(F)c2)c2n1CCOC2. The summed E-state index contributed by atoms with van der Waals surface area (Å²) in [7, 11) is 0. The predicted octanol–water partition coefficient (Wildman–Crippen LogP) is 3.75. The largest absolute Gasteiger partial charge is 0.373 e. The van der Waals surface area contributed by atoms with Crippen molar-refractivity contribution in [2.75, 3.05) is 13.2 Å². The van der Waals surface area contributed by atoms with Crippen LogP contribution < -0.4 is 5.32 Å². The Bertz CT molecular complexity index is 1070. The molecule has 176 valence electrons. The van der Waals surface area contributed by atoms with Gasteiger partial charge in [-0.25, -0.2) is 8.78 Å². The Kier molecular flexibility index (Phi) is 7.82. The molecule has 2 amide bonds. The number of halogens is 2. The summed E-state index contributed by atoms with van der Waals surface area (Å²) >= 11 is 0. The van der Waals surface area contributed by atoms with Crippen LogP contribution in [0.2, 0.25) is 0 Å². The van der Waals surface area contributed by atoms with Gasteiger partial charge in [-0.1, -0.05) is 13.8 Å². The number of fused-ring (bicyclic) bond motifs is 1. The normalized spacial score (nSPS) is 17.0. The average Bonchev–Trinajstić information content (AvgIpc) is 3.42. The number of hydrogen-bond acceptors (Lipinski definition) is 4. The molecule has 9 heteroatoms. The molecule has 1 aromatic carbocycles. The Labute approximate surface area is 191 Å². The van der Waals surface area contributed by atoms with Crippen LogP contribution in [0.4, 0.5) is 8.78 Å². The number of hydrogen-bond donors (Lipinski definition) is 1. The van der Waals surface area contributed by atoms with Crippen LogP contribution in [-0.4, -0.2) is 40.5 Å². The van der Waals surface area contributed by atoms with Gasteiger partial charge in [-0.05, 0) is 43.5 Å². The highest BCUT2D eigenvalue weighted by Crippen LogP contribution is 2.25. The van der Waals surface area contributed by atoms with Crippen molar-refractivity contribution in [2.45, 2.75) is 59.4 Å². The van der Waals surface area contributed by atoms with Crippen LogP contribution in [0.15, 0.2) is 18.2 Å². The topological polar surface area (TPSA) is 87.4 Å². The van der Waals surface area contributed by atoms with E-state index in [2.05, 4.69) is 5.32 Å². The maximum absolute atomic E-state index is 13.8. The van der Waals surface area contributed by atoms with E-state index >= 15 is 0 Å². The van der Waals surface area contributed by atoms with Crippen LogP contribution in [0.25, 0.3) is 0 Å². The molecule has 0 spiro atoms. The lowest BCUT2D eigenvalue weighted by atomic mass is 10.1. The van der Waals surface area contributed by atoms with E-state index in [4.69, 9.17) is 10.00 Å². The number of rotatable bonds is 4. The smallest absolute Gasteiger partial charge is 0.270 e. The number of likely N-dealkylation sites (tertiary alicyclic amines) is 1. The van der Waals surface area contributed by atoms with Gasteiger partial charge in [0.1, 0.15) is 29.0 Å². The highest BCUT2D eigenvalue weighted by atomic mass is 19.1. The molecule has 1 atom stereocenters. The number of aromatic nitrogens is 1. The van der Waals surface area contributed by atoms with Gasteiger partial charge >= 0.3 is 0 Å². The van der Waals surface area contributed by atoms with Crippen LogP contribution in [0.1, 0.15) is 71.3 Å². The fourth-order valence-corrected chi connectivity index (χ4v) is 4.19. The van der Waals surface area contributed by atoms with Gasteiger partial charge in [-0.15, -0.1) is 0 Å². The fraction of sp³-hybridized carbons (Fsp3) is 0.458. The third-order valence-corrected chi connectivity index (χ3v) is 5.85. The summed E-state index contributed by atoms with van der Waals surface area (Å²) in [5, 5.41) is 11.4. The Morgan fingerprint density at radius 2 is 1.91 bits per heavy atom. The van der Waals surface area contributed by atoms with Crippen molar-refractivity contribution in [1.29, 1.82) is 5.26 Å². The molecule has 1 fully saturated rings. The van der Waals surface area contributed by atoms with Gasteiger partial charge in [0.2, 0.25) is 0 Å². The lowest BCUT2D eigenvalue weighted by Crippen LogP contribution is -2.35. The molecule has 2 aromatic rings. The summed E-state index contributed by atoms with van der Waals surface area (Å²) in [6.45, 7) is 7.69. The van der Waals surface area contributed by atoms with Crippen molar-refractivity contribution in [3.8, 4) is 6.07 Å². The minimum Gasteiger partial charge on any atom is -0.373 e. The molecule has 1 unspecified atom stereocenters. The summed E-state index contributed by atoms with van der Waals surface area (Å²) in [5.74, 6) is -2.53. The molecule has 0 saturated carbocycles. The zero-order valence-electron chi connectivity index (χ0n) is 19.1. The predicted molar refractivity (Wildman–Crippen MR) is 117 cm³/mol. The van der Waals surface area contributed by atoms with Gasteiger partial charge in [0, 0.05) is 25.7 Å². The molecule has 7 nitrogen and oxygen atoms in total. The van der Waals surface area contributed by atoms with Crippen molar-refractivity contribution >= 4 is 11.8 Å². The summed E-state index contributed by atoms with van der Waals surface area (Å²) < 4.78 is 35.0. The molecule has 33 heavy (non-hydrogen) atoms. The molecule has 0 bridgehead atoms. The lowest BCUT2D eigenvalue weighted by Gasteiger charge is -2.24. The second-order valence-corrected chi connectivity index (χ2v) is 7.81. The van der Waals surface area contributed by atoms with Gasteiger partial charge in [-0.2, -0.15) is 5.26 Å². The summed E-state index contributed by atoms with van der Waals surface area (Å²) in [6.07, 6.45) is 1.90. The third kappa shape index (κ3) is 4.91. The number of carbonyl (C=O) groups is 2. The first-order valence-corrected chi connectivity index (χ1v) is 11.2. The molecule has 1 saturated heterocycles. The highest BCUT2D eigenvalue weighted by Gasteiger charge is 2.32. The van der Waals surface area contributed by atoms with E-state index in [1.807, 2.05) is 30.2 Å². The van der Waals surface area contributed by atoms with Crippen LogP contribution >= 0.6 is 0 Å². The molecule has 1 aromatic heterocycles. The number of nitrogens with one attached hydrogen (secondary N) is 1. The molecule has 3 heterocycles. The first kappa shape index (κ1) is 24.4. The van der Waals surface area contributed by atoms with E-state index in [0.29, 0.717) is 36.6 Å². The van der Waals surface area contributed by atoms with Crippen LogP contribution in [0, 0.1) is 23.0 Å². The monoisotopic (exact) mass is 458 g/mol. The second kappa shape index (κ2) is 10.6. The van der Waals surface area contributed by atoms with Crippen LogP contribution in [0.3, 0.4) is 0 Å². The van der Waals surface area contributed by atoms with E-state index in [0.717, 1.165) is 25.0 Å². The Hall–Kier alpha value is -3.25. The quantitative estimate of drug-likeness (QED) is 0.756. The fourth-order valence-electron chi connectivity index (χ4n) is 4.19. The van der Waals surface area contributed by atoms with Crippen molar-refractivity contribution in [3.63, 3.8) is 0 Å². The van der Waals surface area contributed by atoms with Gasteiger partial charge in [0.15, 0.2) is 0 Å². The number of benzene rings is 1. The van der Waals surface area contributed by atoms with E-state index < -0.39 is 23.1 Å². The zero-order chi connectivity index (χ0) is 24.1. The summed E-state index contributed by atoms with van der Waals surface area (Å²) in [6, 6.07) is 5.23. The van der Waals surface area contributed by atoms with E-state index in [-0.39, 0.29) is 30.7 Å². The Balaban J connectivity index is 0.00000149. The minimum atomic E-state index is -0.978. The highest BCUT2D eigenvalue weighted by molar-refractivity contribution is 6.00. The van der Waals surface area contributed by atoms with Crippen LogP contribution in [0.5, 0.6) is 0 Å². The van der Waals surface area contributed by atoms with Gasteiger partial charge in [0.25, 0.3) is 11.8 Å². The Morgan fingerprint density at radius 3 is 2.52 bits per heavy atom. The first-order valence-electron chi connectivity index (χ1n) is 11.2. The summed E-state index contributed by atoms with van der Waals surface area (Å²) in [4.78, 5) is 27.8. The Morgan fingerprint density at radius 1 is 1.21 bits per heavy atom. The maximum Gasteiger partial charge on any atom is 0.270 e. The lowest BCUT2D eigenvalue weighted by molar-refractivity contribution is 0.0684. The summed E-state index contributed by atoms with van der Waals surface area (Å²) in [5.41, 5.74) is 0.898. The molecule has 0 radical (unpaired) electrons. The van der Waals surface area contributed by atoms with E-state index in [1.54, 1.807) is 6.07 Å². The standard InChI is InChI=1S/C22H22F2N4O3.C2H6/c1-13-3-2-4-27(13)22(30)19-9-15(20-12-31-6-5-28(19)20)21(29)26-11-14-7-17(23)16(10-25)18(24)8-14;1-2/h7-9,13H,2-6,11-12H2,1H3,(H,26,29);1-2H3. The van der Waals surface area contributed by atoms with Crippen LogP contribution in [-0.2, 0) is 24.4 Å². The number of nitrogens with zero attached hydrogens (tertiary/aromatic N) is 3. The first-order chi connectivity index (χ1) is 15.9. The zero-order valence-corrected chi connectivity index (χ0v) is 19.1. The van der Waals surface area contributed by atoms with E-state index in [1.165, 1.54) is 6.07 Å². The second-order valence-electron chi connectivity index (χ2n) is 7.81. The van der Waals surface area contributed by atoms with Crippen molar-refractivity contribution in [2.24, 2.45) is 0 Å².